The molecule has 0 unspecified atom stereocenters. The molecule has 1 aliphatic heterocycles. The molecule has 3 heterocycles. The first-order valence-corrected chi connectivity index (χ1v) is 5.72. The minimum absolute atomic E-state index is 0.107. The number of anilines is 1. The van der Waals surface area contributed by atoms with Crippen molar-refractivity contribution in [3.05, 3.63) is 18.6 Å². The van der Waals surface area contributed by atoms with Gasteiger partial charge in [0.25, 0.3) is 0 Å². The van der Waals surface area contributed by atoms with Crippen LogP contribution in [0.2, 0.25) is 0 Å². The van der Waals surface area contributed by atoms with Crippen LogP contribution in [0.25, 0.3) is 11.0 Å². The molecule has 2 aromatic heterocycles. The standard InChI is InChI=1S/C11H14N4O3/c12-10-9-7(1-2-13-10)15(5-14-9)11-8(17)3-6(4-16)18-11/h1-2,5-6,8,11,16-17H,3-4H2,(H2,12,13)/t6-,8+,11-/m0/s1. The molecule has 0 aromatic carbocycles. The Morgan fingerprint density at radius 1 is 1.50 bits per heavy atom. The van der Waals surface area contributed by atoms with Gasteiger partial charge in [0.2, 0.25) is 0 Å². The van der Waals surface area contributed by atoms with E-state index >= 15 is 0 Å². The molecule has 2 aromatic rings. The van der Waals surface area contributed by atoms with Gasteiger partial charge in [-0.15, -0.1) is 0 Å². The van der Waals surface area contributed by atoms with E-state index in [0.29, 0.717) is 17.8 Å². The van der Waals surface area contributed by atoms with Crippen LogP contribution in [0.3, 0.4) is 0 Å². The molecule has 4 N–H and O–H groups in total. The highest BCUT2D eigenvalue weighted by atomic mass is 16.5. The first kappa shape index (κ1) is 11.4. The van der Waals surface area contributed by atoms with Crippen molar-refractivity contribution in [1.29, 1.82) is 0 Å². The van der Waals surface area contributed by atoms with E-state index < -0.39 is 12.3 Å². The van der Waals surface area contributed by atoms with Gasteiger partial charge in [0, 0.05) is 12.6 Å². The minimum Gasteiger partial charge on any atom is -0.394 e. The van der Waals surface area contributed by atoms with Crippen molar-refractivity contribution in [1.82, 2.24) is 14.5 Å². The molecule has 18 heavy (non-hydrogen) atoms. The van der Waals surface area contributed by atoms with E-state index in [2.05, 4.69) is 9.97 Å². The Morgan fingerprint density at radius 2 is 2.33 bits per heavy atom. The lowest BCUT2D eigenvalue weighted by Gasteiger charge is -2.16. The topological polar surface area (TPSA) is 106 Å². The number of hydrogen-bond acceptors (Lipinski definition) is 6. The second kappa shape index (κ2) is 4.20. The Hall–Kier alpha value is -1.70. The lowest BCUT2D eigenvalue weighted by atomic mass is 10.2. The molecule has 7 nitrogen and oxygen atoms in total. The Bertz CT molecular complexity index is 570. The predicted molar refractivity (Wildman–Crippen MR) is 63.6 cm³/mol. The molecule has 0 bridgehead atoms. The lowest BCUT2D eigenvalue weighted by Crippen LogP contribution is -2.18. The van der Waals surface area contributed by atoms with Crippen LogP contribution >= 0.6 is 0 Å². The van der Waals surface area contributed by atoms with Gasteiger partial charge >= 0.3 is 0 Å². The number of nitrogens with two attached hydrogens (primary N) is 1. The molecule has 3 rings (SSSR count). The summed E-state index contributed by atoms with van der Waals surface area (Å²) in [7, 11) is 0. The summed E-state index contributed by atoms with van der Waals surface area (Å²) in [5, 5.41) is 19.0. The summed E-state index contributed by atoms with van der Waals surface area (Å²) in [5.41, 5.74) is 7.06. The largest absolute Gasteiger partial charge is 0.394 e. The van der Waals surface area contributed by atoms with Gasteiger partial charge < -0.3 is 25.3 Å². The zero-order valence-corrected chi connectivity index (χ0v) is 9.60. The predicted octanol–water partition coefficient (Wildman–Crippen LogP) is -0.346. The molecule has 0 spiro atoms. The average Bonchev–Trinajstić information content (AvgIpc) is 2.93. The van der Waals surface area contributed by atoms with Crippen molar-refractivity contribution < 1.29 is 14.9 Å². The number of imidazole rings is 1. The van der Waals surface area contributed by atoms with Crippen LogP contribution in [-0.4, -0.2) is 43.6 Å². The maximum absolute atomic E-state index is 9.96. The summed E-state index contributed by atoms with van der Waals surface area (Å²) in [4.78, 5) is 8.13. The Labute approximate surface area is 103 Å². The summed E-state index contributed by atoms with van der Waals surface area (Å²) in [6, 6.07) is 1.76. The average molecular weight is 250 g/mol. The van der Waals surface area contributed by atoms with Crippen molar-refractivity contribution in [2.24, 2.45) is 0 Å². The molecular formula is C11H14N4O3. The van der Waals surface area contributed by atoms with Crippen LogP contribution in [0.1, 0.15) is 12.6 Å². The summed E-state index contributed by atoms with van der Waals surface area (Å²) < 4.78 is 7.29. The van der Waals surface area contributed by atoms with E-state index in [1.807, 2.05) is 0 Å². The molecule has 0 radical (unpaired) electrons. The van der Waals surface area contributed by atoms with Gasteiger partial charge in [0.05, 0.1) is 24.6 Å². The second-order valence-electron chi connectivity index (χ2n) is 4.35. The third kappa shape index (κ3) is 1.64. The van der Waals surface area contributed by atoms with Gasteiger partial charge in [0.15, 0.2) is 12.0 Å². The Balaban J connectivity index is 2.02. The van der Waals surface area contributed by atoms with Gasteiger partial charge in [-0.3, -0.25) is 0 Å². The zero-order chi connectivity index (χ0) is 12.7. The summed E-state index contributed by atoms with van der Waals surface area (Å²) in [6.07, 6.45) is 1.99. The van der Waals surface area contributed by atoms with Gasteiger partial charge in [-0.2, -0.15) is 0 Å². The van der Waals surface area contributed by atoms with Gasteiger partial charge in [-0.05, 0) is 6.07 Å². The number of nitrogen functional groups attached to an aromatic ring is 1. The first-order valence-electron chi connectivity index (χ1n) is 5.72. The number of aliphatic hydroxyl groups excluding tert-OH is 2. The van der Waals surface area contributed by atoms with Gasteiger partial charge in [-0.25, -0.2) is 9.97 Å². The second-order valence-corrected chi connectivity index (χ2v) is 4.35. The first-order chi connectivity index (χ1) is 8.70. The molecule has 0 saturated carbocycles. The van der Waals surface area contributed by atoms with E-state index in [1.165, 1.54) is 0 Å². The Morgan fingerprint density at radius 3 is 3.06 bits per heavy atom. The van der Waals surface area contributed by atoms with Crippen LogP contribution in [-0.2, 0) is 4.74 Å². The number of fused-ring (bicyclic) bond motifs is 1. The van der Waals surface area contributed by atoms with Crippen molar-refractivity contribution in [2.45, 2.75) is 24.9 Å². The van der Waals surface area contributed by atoms with E-state index in [4.69, 9.17) is 15.6 Å². The number of nitrogens with zero attached hydrogens (tertiary/aromatic N) is 3. The third-order valence-electron chi connectivity index (χ3n) is 3.16. The molecule has 0 amide bonds. The van der Waals surface area contributed by atoms with Crippen molar-refractivity contribution >= 4 is 16.9 Å². The van der Waals surface area contributed by atoms with Crippen LogP contribution in [0, 0.1) is 0 Å². The third-order valence-corrected chi connectivity index (χ3v) is 3.16. The van der Waals surface area contributed by atoms with Crippen LogP contribution in [0.5, 0.6) is 0 Å². The highest BCUT2D eigenvalue weighted by Gasteiger charge is 2.35. The maximum Gasteiger partial charge on any atom is 0.161 e. The molecule has 7 heteroatoms. The zero-order valence-electron chi connectivity index (χ0n) is 9.60. The summed E-state index contributed by atoms with van der Waals surface area (Å²) >= 11 is 0. The molecule has 96 valence electrons. The molecule has 1 fully saturated rings. The molecule has 0 aliphatic carbocycles. The van der Waals surface area contributed by atoms with Crippen LogP contribution in [0.4, 0.5) is 5.82 Å². The highest BCUT2D eigenvalue weighted by Crippen LogP contribution is 2.31. The van der Waals surface area contributed by atoms with Gasteiger partial charge in [-0.1, -0.05) is 0 Å². The number of aromatic nitrogens is 3. The smallest absolute Gasteiger partial charge is 0.161 e. The fourth-order valence-corrected chi connectivity index (χ4v) is 2.28. The number of ether oxygens (including phenoxy) is 1. The quantitative estimate of drug-likeness (QED) is 0.673. The number of hydrogen-bond donors (Lipinski definition) is 3. The van der Waals surface area contributed by atoms with E-state index in [-0.39, 0.29) is 12.7 Å². The lowest BCUT2D eigenvalue weighted by molar-refractivity contribution is -0.0484. The van der Waals surface area contributed by atoms with Crippen molar-refractivity contribution in [3.63, 3.8) is 0 Å². The van der Waals surface area contributed by atoms with E-state index in [0.717, 1.165) is 5.52 Å². The van der Waals surface area contributed by atoms with Crippen molar-refractivity contribution in [3.8, 4) is 0 Å². The van der Waals surface area contributed by atoms with E-state index in [1.54, 1.807) is 23.2 Å². The molecule has 1 aliphatic rings. The van der Waals surface area contributed by atoms with E-state index in [9.17, 15) is 5.11 Å². The highest BCUT2D eigenvalue weighted by molar-refractivity contribution is 5.84. The SMILES string of the molecule is Nc1nccc2c1ncn2[C@H]1O[C@H](CO)C[C@H]1O. The maximum atomic E-state index is 9.96. The summed E-state index contributed by atoms with van der Waals surface area (Å²) in [6.45, 7) is -0.107. The number of pyridine rings is 1. The minimum atomic E-state index is -0.672. The van der Waals surface area contributed by atoms with Crippen molar-refractivity contribution in [2.75, 3.05) is 12.3 Å². The number of rotatable bonds is 2. The molecule has 1 saturated heterocycles. The number of aliphatic hydroxyl groups is 2. The fraction of sp³-hybridized carbons (Fsp3) is 0.455. The monoisotopic (exact) mass is 250 g/mol. The Kier molecular flexibility index (Phi) is 2.66. The molecule has 3 atom stereocenters. The van der Waals surface area contributed by atoms with Crippen LogP contribution in [0.15, 0.2) is 18.6 Å². The van der Waals surface area contributed by atoms with Crippen LogP contribution < -0.4 is 5.73 Å². The van der Waals surface area contributed by atoms with Gasteiger partial charge in [0.1, 0.15) is 11.6 Å². The molecular weight excluding hydrogens is 236 g/mol. The summed E-state index contributed by atoms with van der Waals surface area (Å²) in [5.74, 6) is 0.345. The fourth-order valence-electron chi connectivity index (χ4n) is 2.28. The normalized spacial score (nSPS) is 28.0.